The summed E-state index contributed by atoms with van der Waals surface area (Å²) >= 11 is 0. The molecule has 1 atom stereocenters. The van der Waals surface area contributed by atoms with E-state index in [4.69, 9.17) is 0 Å². The maximum atomic E-state index is 13.0. The molecule has 0 unspecified atom stereocenters. The Morgan fingerprint density at radius 3 is 2.88 bits per heavy atom. The Morgan fingerprint density at radius 1 is 1.42 bits per heavy atom. The SMILES string of the molecule is CCn1nc(CC(C)C)cc1C(=O)N1CC[C@@]2(CCCNC2=O)C1. The van der Waals surface area contributed by atoms with Gasteiger partial charge in [-0.05, 0) is 44.6 Å². The van der Waals surface area contributed by atoms with Gasteiger partial charge in [0.2, 0.25) is 5.91 Å². The van der Waals surface area contributed by atoms with Gasteiger partial charge in [-0.3, -0.25) is 14.3 Å². The van der Waals surface area contributed by atoms with Crippen molar-refractivity contribution < 1.29 is 9.59 Å². The van der Waals surface area contributed by atoms with Crippen molar-refractivity contribution in [2.24, 2.45) is 11.3 Å². The second-order valence-corrected chi connectivity index (χ2v) is 7.55. The average molecular weight is 332 g/mol. The monoisotopic (exact) mass is 332 g/mol. The number of nitrogens with zero attached hydrogens (tertiary/aromatic N) is 3. The van der Waals surface area contributed by atoms with Gasteiger partial charge in [0, 0.05) is 26.2 Å². The molecule has 2 fully saturated rings. The Balaban J connectivity index is 1.77. The molecule has 2 aliphatic heterocycles. The minimum absolute atomic E-state index is 0.00889. The molecule has 0 aliphatic carbocycles. The molecule has 132 valence electrons. The van der Waals surface area contributed by atoms with E-state index in [1.165, 1.54) is 0 Å². The molecule has 2 aliphatic rings. The molecule has 2 saturated heterocycles. The summed E-state index contributed by atoms with van der Waals surface area (Å²) in [5.41, 5.74) is 1.26. The summed E-state index contributed by atoms with van der Waals surface area (Å²) in [5.74, 6) is 0.636. The van der Waals surface area contributed by atoms with Crippen molar-refractivity contribution in [3.8, 4) is 0 Å². The molecule has 3 heterocycles. The quantitative estimate of drug-likeness (QED) is 0.915. The highest BCUT2D eigenvalue weighted by Gasteiger charge is 2.47. The highest BCUT2D eigenvalue weighted by molar-refractivity contribution is 5.94. The zero-order chi connectivity index (χ0) is 17.3. The van der Waals surface area contributed by atoms with E-state index in [-0.39, 0.29) is 17.2 Å². The molecular formula is C18H28N4O2. The predicted octanol–water partition coefficient (Wildman–Crippen LogP) is 1.84. The first-order chi connectivity index (χ1) is 11.4. The van der Waals surface area contributed by atoms with Crippen LogP contribution in [0.3, 0.4) is 0 Å². The highest BCUT2D eigenvalue weighted by Crippen LogP contribution is 2.37. The molecule has 6 nitrogen and oxygen atoms in total. The predicted molar refractivity (Wildman–Crippen MR) is 91.6 cm³/mol. The van der Waals surface area contributed by atoms with Crippen LogP contribution in [-0.4, -0.2) is 46.1 Å². The first-order valence-electron chi connectivity index (χ1n) is 9.09. The molecule has 3 rings (SSSR count). The summed E-state index contributed by atoms with van der Waals surface area (Å²) in [4.78, 5) is 27.1. The van der Waals surface area contributed by atoms with E-state index >= 15 is 0 Å². The van der Waals surface area contributed by atoms with Crippen molar-refractivity contribution in [2.45, 2.75) is 53.0 Å². The van der Waals surface area contributed by atoms with Crippen LogP contribution in [0.5, 0.6) is 0 Å². The molecule has 0 saturated carbocycles. The van der Waals surface area contributed by atoms with Crippen molar-refractivity contribution >= 4 is 11.8 Å². The number of carbonyl (C=O) groups is 2. The van der Waals surface area contributed by atoms with Gasteiger partial charge in [-0.15, -0.1) is 0 Å². The topological polar surface area (TPSA) is 67.2 Å². The van der Waals surface area contributed by atoms with Gasteiger partial charge in [-0.25, -0.2) is 0 Å². The zero-order valence-corrected chi connectivity index (χ0v) is 15.0. The summed E-state index contributed by atoms with van der Waals surface area (Å²) in [5, 5.41) is 7.54. The van der Waals surface area contributed by atoms with Crippen molar-refractivity contribution in [1.82, 2.24) is 20.0 Å². The smallest absolute Gasteiger partial charge is 0.272 e. The van der Waals surface area contributed by atoms with Crippen LogP contribution < -0.4 is 5.32 Å². The lowest BCUT2D eigenvalue weighted by molar-refractivity contribution is -0.132. The molecule has 1 spiro atoms. The first-order valence-corrected chi connectivity index (χ1v) is 9.09. The minimum atomic E-state index is -0.369. The zero-order valence-electron chi connectivity index (χ0n) is 15.0. The summed E-state index contributed by atoms with van der Waals surface area (Å²) in [6, 6.07) is 1.93. The molecular weight excluding hydrogens is 304 g/mol. The molecule has 0 bridgehead atoms. The average Bonchev–Trinajstić information content (AvgIpc) is 3.14. The number of rotatable bonds is 4. The van der Waals surface area contributed by atoms with E-state index < -0.39 is 0 Å². The van der Waals surface area contributed by atoms with Gasteiger partial charge in [-0.2, -0.15) is 5.10 Å². The second-order valence-electron chi connectivity index (χ2n) is 7.55. The van der Waals surface area contributed by atoms with Gasteiger partial charge >= 0.3 is 0 Å². The van der Waals surface area contributed by atoms with E-state index in [9.17, 15) is 9.59 Å². The Kier molecular flexibility index (Phi) is 4.65. The van der Waals surface area contributed by atoms with Crippen LogP contribution in [0.4, 0.5) is 0 Å². The van der Waals surface area contributed by atoms with E-state index in [0.717, 1.165) is 37.9 Å². The van der Waals surface area contributed by atoms with Crippen LogP contribution in [0, 0.1) is 11.3 Å². The number of likely N-dealkylation sites (tertiary alicyclic amines) is 1. The summed E-state index contributed by atoms with van der Waals surface area (Å²) in [6.45, 7) is 8.93. The lowest BCUT2D eigenvalue weighted by Gasteiger charge is -2.32. The Bertz CT molecular complexity index is 637. The van der Waals surface area contributed by atoms with Gasteiger partial charge < -0.3 is 10.2 Å². The van der Waals surface area contributed by atoms with Crippen LogP contribution >= 0.6 is 0 Å². The normalized spacial score (nSPS) is 24.0. The minimum Gasteiger partial charge on any atom is -0.356 e. The number of hydrogen-bond donors (Lipinski definition) is 1. The second kappa shape index (κ2) is 6.57. The van der Waals surface area contributed by atoms with Crippen LogP contribution in [0.1, 0.15) is 56.2 Å². The number of aryl methyl sites for hydroxylation is 1. The largest absolute Gasteiger partial charge is 0.356 e. The number of amides is 2. The van der Waals surface area contributed by atoms with Crippen LogP contribution in [0.2, 0.25) is 0 Å². The van der Waals surface area contributed by atoms with Gasteiger partial charge in [0.1, 0.15) is 5.69 Å². The molecule has 0 radical (unpaired) electrons. The maximum Gasteiger partial charge on any atom is 0.272 e. The molecule has 1 N–H and O–H groups in total. The third-order valence-corrected chi connectivity index (χ3v) is 5.21. The van der Waals surface area contributed by atoms with E-state index in [1.807, 2.05) is 17.9 Å². The van der Waals surface area contributed by atoms with Crippen molar-refractivity contribution in [3.63, 3.8) is 0 Å². The molecule has 2 amide bonds. The first kappa shape index (κ1) is 17.0. The number of piperidine rings is 1. The molecule has 24 heavy (non-hydrogen) atoms. The van der Waals surface area contributed by atoms with Gasteiger partial charge in [0.15, 0.2) is 0 Å². The Labute approximate surface area is 143 Å². The molecule has 1 aromatic heterocycles. The van der Waals surface area contributed by atoms with E-state index in [1.54, 1.807) is 4.68 Å². The number of aromatic nitrogens is 2. The highest BCUT2D eigenvalue weighted by atomic mass is 16.2. The van der Waals surface area contributed by atoms with Crippen LogP contribution in [0.15, 0.2) is 6.07 Å². The fraction of sp³-hybridized carbons (Fsp3) is 0.722. The summed E-state index contributed by atoms with van der Waals surface area (Å²) in [6.07, 6.45) is 3.52. The van der Waals surface area contributed by atoms with Crippen molar-refractivity contribution in [3.05, 3.63) is 17.5 Å². The van der Waals surface area contributed by atoms with Crippen molar-refractivity contribution in [2.75, 3.05) is 19.6 Å². The van der Waals surface area contributed by atoms with Gasteiger partial charge in [0.25, 0.3) is 5.91 Å². The van der Waals surface area contributed by atoms with Crippen LogP contribution in [0.25, 0.3) is 0 Å². The van der Waals surface area contributed by atoms with Gasteiger partial charge in [-0.1, -0.05) is 13.8 Å². The van der Waals surface area contributed by atoms with Gasteiger partial charge in [0.05, 0.1) is 11.1 Å². The van der Waals surface area contributed by atoms with E-state index in [0.29, 0.717) is 31.2 Å². The van der Waals surface area contributed by atoms with E-state index in [2.05, 4.69) is 24.3 Å². The third kappa shape index (κ3) is 3.06. The Hall–Kier alpha value is -1.85. The number of carbonyl (C=O) groups excluding carboxylic acids is 2. The standard InChI is InChI=1S/C18H28N4O2/c1-4-22-15(11-14(20-22)10-13(2)3)16(23)21-9-7-18(12-21)6-5-8-19-17(18)24/h11,13H,4-10,12H2,1-3H3,(H,19,24)/t18-/m0/s1. The Morgan fingerprint density at radius 2 is 2.21 bits per heavy atom. The lowest BCUT2D eigenvalue weighted by Crippen LogP contribution is -2.48. The molecule has 0 aromatic carbocycles. The molecule has 1 aromatic rings. The third-order valence-electron chi connectivity index (χ3n) is 5.21. The summed E-state index contributed by atoms with van der Waals surface area (Å²) < 4.78 is 1.80. The van der Waals surface area contributed by atoms with Crippen molar-refractivity contribution in [1.29, 1.82) is 0 Å². The fourth-order valence-electron chi connectivity index (χ4n) is 3.93. The van der Waals surface area contributed by atoms with Crippen LogP contribution in [-0.2, 0) is 17.8 Å². The number of nitrogens with one attached hydrogen (secondary N) is 1. The summed E-state index contributed by atoms with van der Waals surface area (Å²) in [7, 11) is 0. The number of hydrogen-bond acceptors (Lipinski definition) is 3. The lowest BCUT2D eigenvalue weighted by atomic mass is 9.79. The maximum absolute atomic E-state index is 13.0. The fourth-order valence-corrected chi connectivity index (χ4v) is 3.93. The molecule has 6 heteroatoms.